The minimum Gasteiger partial charge on any atom is -0.497 e. The second-order valence-corrected chi connectivity index (χ2v) is 4.56. The van der Waals surface area contributed by atoms with E-state index in [-0.39, 0.29) is 0 Å². The normalized spacial score (nSPS) is 10.2. The fraction of sp³-hybridized carbons (Fsp3) is 0.375. The van der Waals surface area contributed by atoms with Gasteiger partial charge in [0, 0.05) is 6.54 Å². The Morgan fingerprint density at radius 1 is 1.05 bits per heavy atom. The topological polar surface area (TPSA) is 56.3 Å². The Morgan fingerprint density at radius 3 is 2.38 bits per heavy atom. The van der Waals surface area contributed by atoms with Crippen molar-refractivity contribution < 1.29 is 9.47 Å². The van der Waals surface area contributed by atoms with Crippen LogP contribution in [0.3, 0.4) is 0 Å². The molecule has 1 aromatic carbocycles. The number of rotatable bonds is 7. The molecule has 0 amide bonds. The summed E-state index contributed by atoms with van der Waals surface area (Å²) >= 11 is 0. The van der Waals surface area contributed by atoms with Gasteiger partial charge < -0.3 is 14.8 Å². The molecule has 0 aliphatic carbocycles. The third-order valence-corrected chi connectivity index (χ3v) is 3.08. The lowest BCUT2D eigenvalue weighted by atomic mass is 10.2. The van der Waals surface area contributed by atoms with Gasteiger partial charge in [-0.15, -0.1) is 0 Å². The largest absolute Gasteiger partial charge is 0.497 e. The second kappa shape index (κ2) is 7.47. The average Bonchev–Trinajstić information content (AvgIpc) is 2.53. The second-order valence-electron chi connectivity index (χ2n) is 4.56. The Balaban J connectivity index is 2.21. The monoisotopic (exact) mass is 287 g/mol. The molecule has 0 fully saturated rings. The van der Waals surface area contributed by atoms with Gasteiger partial charge in [-0.3, -0.25) is 0 Å². The maximum atomic E-state index is 5.87. The van der Waals surface area contributed by atoms with Gasteiger partial charge in [-0.2, -0.15) is 0 Å². The molecule has 112 valence electrons. The standard InChI is InChI=1S/C16H21N3O2/c1-4-10-17-15-14(5-2)16(19-11-18-15)21-13-8-6-12(20-3)7-9-13/h6-9,11H,4-5,10H2,1-3H3,(H,17,18,19). The molecule has 1 aromatic heterocycles. The van der Waals surface area contributed by atoms with Gasteiger partial charge in [0.2, 0.25) is 5.88 Å². The third-order valence-electron chi connectivity index (χ3n) is 3.08. The minimum atomic E-state index is 0.594. The lowest BCUT2D eigenvalue weighted by Gasteiger charge is -2.13. The van der Waals surface area contributed by atoms with Gasteiger partial charge in [-0.25, -0.2) is 9.97 Å². The van der Waals surface area contributed by atoms with Crippen LogP contribution in [0.2, 0.25) is 0 Å². The quantitative estimate of drug-likeness (QED) is 0.842. The zero-order valence-electron chi connectivity index (χ0n) is 12.7. The number of nitrogens with one attached hydrogen (secondary N) is 1. The molecule has 0 spiro atoms. The van der Waals surface area contributed by atoms with Gasteiger partial charge in [0.05, 0.1) is 12.7 Å². The van der Waals surface area contributed by atoms with Crippen LogP contribution in [-0.2, 0) is 6.42 Å². The molecule has 5 nitrogen and oxygen atoms in total. The predicted molar refractivity (Wildman–Crippen MR) is 83.3 cm³/mol. The number of nitrogens with zero attached hydrogens (tertiary/aromatic N) is 2. The highest BCUT2D eigenvalue weighted by Crippen LogP contribution is 2.28. The van der Waals surface area contributed by atoms with E-state index < -0.39 is 0 Å². The molecule has 0 aliphatic rings. The molecule has 5 heteroatoms. The van der Waals surface area contributed by atoms with Gasteiger partial charge in [0.15, 0.2) is 0 Å². The summed E-state index contributed by atoms with van der Waals surface area (Å²) in [5.41, 5.74) is 0.988. The molecule has 1 heterocycles. The summed E-state index contributed by atoms with van der Waals surface area (Å²) in [5, 5.41) is 3.31. The van der Waals surface area contributed by atoms with Crippen LogP contribution in [-0.4, -0.2) is 23.6 Å². The Bertz CT molecular complexity index is 570. The van der Waals surface area contributed by atoms with Crippen LogP contribution in [0.1, 0.15) is 25.8 Å². The molecule has 0 aliphatic heterocycles. The fourth-order valence-corrected chi connectivity index (χ4v) is 1.95. The Hall–Kier alpha value is -2.30. The molecule has 21 heavy (non-hydrogen) atoms. The van der Waals surface area contributed by atoms with Crippen molar-refractivity contribution in [3.8, 4) is 17.4 Å². The first-order chi connectivity index (χ1) is 10.3. The smallest absolute Gasteiger partial charge is 0.227 e. The summed E-state index contributed by atoms with van der Waals surface area (Å²) < 4.78 is 11.0. The number of ether oxygens (including phenoxy) is 2. The molecule has 0 saturated heterocycles. The summed E-state index contributed by atoms with van der Waals surface area (Å²) in [7, 11) is 1.64. The molecular weight excluding hydrogens is 266 g/mol. The highest BCUT2D eigenvalue weighted by Gasteiger charge is 2.11. The van der Waals surface area contributed by atoms with Gasteiger partial charge >= 0.3 is 0 Å². The number of methoxy groups -OCH3 is 1. The third kappa shape index (κ3) is 3.84. The van der Waals surface area contributed by atoms with Gasteiger partial charge in [-0.05, 0) is 37.1 Å². The summed E-state index contributed by atoms with van der Waals surface area (Å²) in [4.78, 5) is 8.55. The van der Waals surface area contributed by atoms with Crippen molar-refractivity contribution in [2.45, 2.75) is 26.7 Å². The van der Waals surface area contributed by atoms with Gasteiger partial charge in [0.25, 0.3) is 0 Å². The Morgan fingerprint density at radius 2 is 1.76 bits per heavy atom. The highest BCUT2D eigenvalue weighted by atomic mass is 16.5. The van der Waals surface area contributed by atoms with Crippen LogP contribution < -0.4 is 14.8 Å². The van der Waals surface area contributed by atoms with Crippen molar-refractivity contribution in [1.82, 2.24) is 9.97 Å². The predicted octanol–water partition coefficient (Wildman–Crippen LogP) is 3.66. The van der Waals surface area contributed by atoms with Crippen molar-refractivity contribution in [1.29, 1.82) is 0 Å². The van der Waals surface area contributed by atoms with E-state index in [9.17, 15) is 0 Å². The van der Waals surface area contributed by atoms with Crippen LogP contribution in [0.4, 0.5) is 5.82 Å². The van der Waals surface area contributed by atoms with E-state index in [4.69, 9.17) is 9.47 Å². The number of hydrogen-bond acceptors (Lipinski definition) is 5. The average molecular weight is 287 g/mol. The number of benzene rings is 1. The van der Waals surface area contributed by atoms with E-state index in [1.165, 1.54) is 6.33 Å². The van der Waals surface area contributed by atoms with Crippen LogP contribution in [0, 0.1) is 0 Å². The summed E-state index contributed by atoms with van der Waals surface area (Å²) in [5.74, 6) is 2.96. The minimum absolute atomic E-state index is 0.594. The maximum Gasteiger partial charge on any atom is 0.227 e. The van der Waals surface area contributed by atoms with E-state index >= 15 is 0 Å². The van der Waals surface area contributed by atoms with Crippen molar-refractivity contribution in [2.24, 2.45) is 0 Å². The first-order valence-corrected chi connectivity index (χ1v) is 7.18. The van der Waals surface area contributed by atoms with E-state index in [0.717, 1.165) is 42.3 Å². The van der Waals surface area contributed by atoms with Crippen LogP contribution in [0.5, 0.6) is 17.4 Å². The van der Waals surface area contributed by atoms with Crippen molar-refractivity contribution in [2.75, 3.05) is 19.0 Å². The molecular formula is C16H21N3O2. The van der Waals surface area contributed by atoms with Crippen LogP contribution in [0.15, 0.2) is 30.6 Å². The Labute approximate surface area is 125 Å². The van der Waals surface area contributed by atoms with E-state index in [1.807, 2.05) is 24.3 Å². The van der Waals surface area contributed by atoms with E-state index in [1.54, 1.807) is 7.11 Å². The van der Waals surface area contributed by atoms with Crippen LogP contribution in [0.25, 0.3) is 0 Å². The molecule has 2 rings (SSSR count). The number of aromatic nitrogens is 2. The first-order valence-electron chi connectivity index (χ1n) is 7.18. The lowest BCUT2D eigenvalue weighted by molar-refractivity contribution is 0.411. The van der Waals surface area contributed by atoms with Crippen molar-refractivity contribution in [3.05, 3.63) is 36.2 Å². The van der Waals surface area contributed by atoms with E-state index in [0.29, 0.717) is 5.88 Å². The van der Waals surface area contributed by atoms with E-state index in [2.05, 4.69) is 29.1 Å². The number of anilines is 1. The molecule has 0 unspecified atom stereocenters. The Kier molecular flexibility index (Phi) is 5.37. The summed E-state index contributed by atoms with van der Waals surface area (Å²) in [6.07, 6.45) is 3.37. The van der Waals surface area contributed by atoms with Crippen LogP contribution >= 0.6 is 0 Å². The lowest BCUT2D eigenvalue weighted by Crippen LogP contribution is -2.07. The molecule has 0 radical (unpaired) electrons. The number of hydrogen-bond donors (Lipinski definition) is 1. The molecule has 0 atom stereocenters. The zero-order chi connectivity index (χ0) is 15.1. The highest BCUT2D eigenvalue weighted by molar-refractivity contribution is 5.49. The maximum absolute atomic E-state index is 5.87. The summed E-state index contributed by atoms with van der Waals surface area (Å²) in [6, 6.07) is 7.44. The molecule has 2 aromatic rings. The molecule has 1 N–H and O–H groups in total. The van der Waals surface area contributed by atoms with Gasteiger partial charge in [0.1, 0.15) is 23.6 Å². The SMILES string of the molecule is CCCNc1ncnc(Oc2ccc(OC)cc2)c1CC. The van der Waals surface area contributed by atoms with Gasteiger partial charge in [-0.1, -0.05) is 13.8 Å². The zero-order valence-corrected chi connectivity index (χ0v) is 12.7. The first kappa shape index (κ1) is 15.1. The molecule has 0 bridgehead atoms. The molecule has 0 saturated carbocycles. The fourth-order valence-electron chi connectivity index (χ4n) is 1.95. The summed E-state index contributed by atoms with van der Waals surface area (Å²) in [6.45, 7) is 5.07. The van der Waals surface area contributed by atoms with Crippen molar-refractivity contribution in [3.63, 3.8) is 0 Å². The van der Waals surface area contributed by atoms with Crippen molar-refractivity contribution >= 4 is 5.82 Å².